The predicted octanol–water partition coefficient (Wildman–Crippen LogP) is 0.179. The van der Waals surface area contributed by atoms with Crippen molar-refractivity contribution in [3.63, 3.8) is 0 Å². The normalized spacial score (nSPS) is 20.6. The molecule has 0 unspecified atom stereocenters. The molecule has 0 atom stereocenters. The number of carboxylic acid groups (broad SMARTS) is 1. The van der Waals surface area contributed by atoms with Gasteiger partial charge in [0.15, 0.2) is 11.5 Å². The Kier molecular flexibility index (Phi) is 4.00. The van der Waals surface area contributed by atoms with Crippen molar-refractivity contribution in [1.29, 1.82) is 0 Å². The zero-order valence-corrected chi connectivity index (χ0v) is 12.9. The topological polar surface area (TPSA) is 104 Å². The van der Waals surface area contributed by atoms with Gasteiger partial charge >= 0.3 is 5.97 Å². The highest BCUT2D eigenvalue weighted by molar-refractivity contribution is 7.90. The van der Waals surface area contributed by atoms with E-state index in [1.54, 1.807) is 10.4 Å². The van der Waals surface area contributed by atoms with Crippen molar-refractivity contribution in [3.05, 3.63) is 17.8 Å². The minimum atomic E-state index is -3.14. The van der Waals surface area contributed by atoms with Crippen LogP contribution in [0.4, 0.5) is 5.82 Å². The number of aromatic nitrogens is 2. The van der Waals surface area contributed by atoms with E-state index in [-0.39, 0.29) is 10.9 Å². The quantitative estimate of drug-likeness (QED) is 0.841. The molecule has 1 saturated heterocycles. The molecule has 0 radical (unpaired) electrons. The molecule has 2 fully saturated rings. The second-order valence-corrected chi connectivity index (χ2v) is 7.78. The third-order valence-electron chi connectivity index (χ3n) is 3.95. The summed E-state index contributed by atoms with van der Waals surface area (Å²) in [5.74, 6) is -0.535. The van der Waals surface area contributed by atoms with Gasteiger partial charge in [0.1, 0.15) is 0 Å². The SMILES string of the molecule is O=C(O)c1ccc(N2CCCN(S(=O)(=O)C3CC3)CC2)nn1. The van der Waals surface area contributed by atoms with Crippen LogP contribution in [-0.2, 0) is 10.0 Å². The van der Waals surface area contributed by atoms with Gasteiger partial charge in [0, 0.05) is 26.2 Å². The molecule has 1 aromatic heterocycles. The fraction of sp³-hybridized carbons (Fsp3) is 0.615. The number of nitrogens with zero attached hydrogens (tertiary/aromatic N) is 4. The molecule has 1 aliphatic carbocycles. The van der Waals surface area contributed by atoms with Gasteiger partial charge in [-0.2, -0.15) is 4.31 Å². The van der Waals surface area contributed by atoms with Gasteiger partial charge in [0.05, 0.1) is 5.25 Å². The first-order valence-corrected chi connectivity index (χ1v) is 8.80. The van der Waals surface area contributed by atoms with Crippen molar-refractivity contribution in [3.8, 4) is 0 Å². The average Bonchev–Trinajstić information content (AvgIpc) is 3.33. The first-order chi connectivity index (χ1) is 10.5. The van der Waals surface area contributed by atoms with Gasteiger partial charge < -0.3 is 10.0 Å². The highest BCUT2D eigenvalue weighted by atomic mass is 32.2. The molecule has 2 heterocycles. The summed E-state index contributed by atoms with van der Waals surface area (Å²) in [6.45, 7) is 2.17. The zero-order valence-electron chi connectivity index (χ0n) is 12.1. The average molecular weight is 326 g/mol. The molecule has 0 bridgehead atoms. The molecule has 9 heteroatoms. The van der Waals surface area contributed by atoms with Gasteiger partial charge in [-0.3, -0.25) is 0 Å². The first kappa shape index (κ1) is 15.2. The Hall–Kier alpha value is -1.74. The van der Waals surface area contributed by atoms with Crippen LogP contribution in [0.2, 0.25) is 0 Å². The van der Waals surface area contributed by atoms with E-state index < -0.39 is 16.0 Å². The van der Waals surface area contributed by atoms with Crippen LogP contribution in [0.1, 0.15) is 29.8 Å². The number of rotatable bonds is 4. The monoisotopic (exact) mass is 326 g/mol. The van der Waals surface area contributed by atoms with Crippen LogP contribution in [0.25, 0.3) is 0 Å². The molecule has 1 aliphatic heterocycles. The summed E-state index contributed by atoms with van der Waals surface area (Å²) in [6.07, 6.45) is 2.25. The van der Waals surface area contributed by atoms with Gasteiger partial charge in [-0.15, -0.1) is 10.2 Å². The third-order valence-corrected chi connectivity index (χ3v) is 6.35. The lowest BCUT2D eigenvalue weighted by atomic mass is 10.3. The molecule has 120 valence electrons. The summed E-state index contributed by atoms with van der Waals surface area (Å²) in [6, 6.07) is 3.02. The van der Waals surface area contributed by atoms with E-state index in [4.69, 9.17) is 5.11 Å². The van der Waals surface area contributed by atoms with Crippen LogP contribution >= 0.6 is 0 Å². The minimum Gasteiger partial charge on any atom is -0.476 e. The number of aromatic carboxylic acids is 1. The lowest BCUT2D eigenvalue weighted by Crippen LogP contribution is -2.37. The molecule has 0 aromatic carbocycles. The fourth-order valence-corrected chi connectivity index (χ4v) is 4.44. The molecule has 0 amide bonds. The maximum Gasteiger partial charge on any atom is 0.356 e. The molecule has 3 rings (SSSR count). The van der Waals surface area contributed by atoms with E-state index in [1.165, 1.54) is 6.07 Å². The van der Waals surface area contributed by atoms with Gasteiger partial charge in [0.2, 0.25) is 10.0 Å². The summed E-state index contributed by atoms with van der Waals surface area (Å²) in [5, 5.41) is 16.2. The van der Waals surface area contributed by atoms with Gasteiger partial charge in [0.25, 0.3) is 0 Å². The second kappa shape index (κ2) is 5.81. The van der Waals surface area contributed by atoms with Gasteiger partial charge in [-0.25, -0.2) is 13.2 Å². The summed E-state index contributed by atoms with van der Waals surface area (Å²) in [7, 11) is -3.14. The van der Waals surface area contributed by atoms with E-state index in [9.17, 15) is 13.2 Å². The minimum absolute atomic E-state index is 0.100. The highest BCUT2D eigenvalue weighted by Crippen LogP contribution is 2.31. The Morgan fingerprint density at radius 1 is 1.14 bits per heavy atom. The number of hydrogen-bond donors (Lipinski definition) is 1. The predicted molar refractivity (Wildman–Crippen MR) is 79.3 cm³/mol. The summed E-state index contributed by atoms with van der Waals surface area (Å²) < 4.78 is 26.1. The van der Waals surface area contributed by atoms with Crippen molar-refractivity contribution in [1.82, 2.24) is 14.5 Å². The number of anilines is 1. The maximum absolute atomic E-state index is 12.3. The van der Waals surface area contributed by atoms with Crippen LogP contribution in [0.5, 0.6) is 0 Å². The third kappa shape index (κ3) is 3.05. The molecule has 1 N–H and O–H groups in total. The van der Waals surface area contributed by atoms with Crippen LogP contribution in [0, 0.1) is 0 Å². The molecule has 1 saturated carbocycles. The van der Waals surface area contributed by atoms with E-state index >= 15 is 0 Å². The maximum atomic E-state index is 12.3. The Morgan fingerprint density at radius 2 is 1.91 bits per heavy atom. The summed E-state index contributed by atoms with van der Waals surface area (Å²) in [5.41, 5.74) is -0.100. The molecule has 2 aliphatic rings. The zero-order chi connectivity index (χ0) is 15.7. The molecule has 0 spiro atoms. The standard InChI is InChI=1S/C13H18N4O4S/c18-13(19)11-4-5-12(15-14-11)16-6-1-7-17(9-8-16)22(20,21)10-2-3-10/h4-5,10H,1-3,6-9H2,(H,18,19). The van der Waals surface area contributed by atoms with Crippen LogP contribution < -0.4 is 4.90 Å². The first-order valence-electron chi connectivity index (χ1n) is 7.29. The van der Waals surface area contributed by atoms with Crippen LogP contribution in [0.3, 0.4) is 0 Å². The summed E-state index contributed by atoms with van der Waals surface area (Å²) >= 11 is 0. The lowest BCUT2D eigenvalue weighted by molar-refractivity contribution is 0.0689. The van der Waals surface area contributed by atoms with E-state index in [1.807, 2.05) is 4.90 Å². The van der Waals surface area contributed by atoms with E-state index in [0.29, 0.717) is 38.4 Å². The van der Waals surface area contributed by atoms with Crippen LogP contribution in [0.15, 0.2) is 12.1 Å². The van der Waals surface area contributed by atoms with Crippen LogP contribution in [-0.4, -0.2) is 65.4 Å². The van der Waals surface area contributed by atoms with E-state index in [2.05, 4.69) is 10.2 Å². The smallest absolute Gasteiger partial charge is 0.356 e. The highest BCUT2D eigenvalue weighted by Gasteiger charge is 2.40. The van der Waals surface area contributed by atoms with Gasteiger partial charge in [-0.1, -0.05) is 0 Å². The number of hydrogen-bond acceptors (Lipinski definition) is 6. The molecule has 22 heavy (non-hydrogen) atoms. The Labute approximate surface area is 128 Å². The molecule has 8 nitrogen and oxygen atoms in total. The lowest BCUT2D eigenvalue weighted by Gasteiger charge is -2.22. The van der Waals surface area contributed by atoms with Crippen molar-refractivity contribution in [2.45, 2.75) is 24.5 Å². The van der Waals surface area contributed by atoms with Crippen molar-refractivity contribution >= 4 is 21.8 Å². The molecular formula is C13H18N4O4S. The van der Waals surface area contributed by atoms with E-state index in [0.717, 1.165) is 12.8 Å². The number of carboxylic acids is 1. The van der Waals surface area contributed by atoms with Crippen molar-refractivity contribution in [2.75, 3.05) is 31.1 Å². The molecular weight excluding hydrogens is 308 g/mol. The Bertz CT molecular complexity index is 657. The Morgan fingerprint density at radius 3 is 2.50 bits per heavy atom. The second-order valence-electron chi connectivity index (χ2n) is 5.57. The van der Waals surface area contributed by atoms with Crippen molar-refractivity contribution in [2.24, 2.45) is 0 Å². The van der Waals surface area contributed by atoms with Crippen molar-refractivity contribution < 1.29 is 18.3 Å². The number of sulfonamides is 1. The molecule has 1 aromatic rings. The summed E-state index contributed by atoms with van der Waals surface area (Å²) in [4.78, 5) is 12.7. The Balaban J connectivity index is 1.68. The largest absolute Gasteiger partial charge is 0.476 e. The fourth-order valence-electron chi connectivity index (χ4n) is 2.56. The van der Waals surface area contributed by atoms with Gasteiger partial charge in [-0.05, 0) is 31.4 Å². The number of carbonyl (C=O) groups is 1.